The van der Waals surface area contributed by atoms with E-state index in [1.54, 1.807) is 13.0 Å². The molecule has 130 valence electrons. The SMILES string of the molecule is C/C(=N\NC(=S)Nc1c(C)cccc1C)c1ccc(Cl)c([N+](=O)[O-])c1. The van der Waals surface area contributed by atoms with Gasteiger partial charge in [-0.05, 0) is 50.2 Å². The van der Waals surface area contributed by atoms with Crippen LogP contribution in [0.15, 0.2) is 41.5 Å². The Kier molecular flexibility index (Phi) is 6.06. The molecule has 0 bridgehead atoms. The number of nitrogens with one attached hydrogen (secondary N) is 2. The normalized spacial score (nSPS) is 11.1. The van der Waals surface area contributed by atoms with Gasteiger partial charge in [0.15, 0.2) is 5.11 Å². The molecule has 0 atom stereocenters. The van der Waals surface area contributed by atoms with Gasteiger partial charge in [0.2, 0.25) is 0 Å². The molecule has 0 saturated carbocycles. The lowest BCUT2D eigenvalue weighted by Crippen LogP contribution is -2.25. The molecule has 6 nitrogen and oxygen atoms in total. The van der Waals surface area contributed by atoms with E-state index in [0.29, 0.717) is 16.4 Å². The number of benzene rings is 2. The molecule has 0 saturated heterocycles. The van der Waals surface area contributed by atoms with Crippen molar-refractivity contribution in [2.75, 3.05) is 5.32 Å². The van der Waals surface area contributed by atoms with Crippen LogP contribution >= 0.6 is 23.8 Å². The minimum Gasteiger partial charge on any atom is -0.331 e. The summed E-state index contributed by atoms with van der Waals surface area (Å²) in [5.41, 5.74) is 6.78. The van der Waals surface area contributed by atoms with E-state index in [1.165, 1.54) is 12.1 Å². The maximum atomic E-state index is 11.0. The maximum absolute atomic E-state index is 11.0. The van der Waals surface area contributed by atoms with Crippen molar-refractivity contribution >= 4 is 46.0 Å². The topological polar surface area (TPSA) is 79.6 Å². The minimum atomic E-state index is -0.528. The summed E-state index contributed by atoms with van der Waals surface area (Å²) in [4.78, 5) is 10.4. The summed E-state index contributed by atoms with van der Waals surface area (Å²) < 4.78 is 0. The molecule has 2 rings (SSSR count). The largest absolute Gasteiger partial charge is 0.331 e. The predicted molar refractivity (Wildman–Crippen MR) is 106 cm³/mol. The summed E-state index contributed by atoms with van der Waals surface area (Å²) in [6, 6.07) is 10.5. The van der Waals surface area contributed by atoms with Gasteiger partial charge in [-0.1, -0.05) is 35.9 Å². The van der Waals surface area contributed by atoms with Crippen LogP contribution in [0.3, 0.4) is 0 Å². The van der Waals surface area contributed by atoms with E-state index in [1.807, 2.05) is 32.0 Å². The van der Waals surface area contributed by atoms with Gasteiger partial charge in [0.05, 0.1) is 10.6 Å². The molecule has 0 amide bonds. The molecule has 0 fully saturated rings. The maximum Gasteiger partial charge on any atom is 0.288 e. The molecule has 0 heterocycles. The molecule has 0 spiro atoms. The molecule has 0 unspecified atom stereocenters. The first-order chi connectivity index (χ1) is 11.8. The van der Waals surface area contributed by atoms with Gasteiger partial charge in [0, 0.05) is 17.3 Å². The van der Waals surface area contributed by atoms with E-state index < -0.39 is 4.92 Å². The van der Waals surface area contributed by atoms with Crippen LogP contribution in [0.25, 0.3) is 0 Å². The highest BCUT2D eigenvalue weighted by molar-refractivity contribution is 7.80. The summed E-state index contributed by atoms with van der Waals surface area (Å²) >= 11 is 11.1. The number of hydrazone groups is 1. The highest BCUT2D eigenvalue weighted by atomic mass is 35.5. The standard InChI is InChI=1S/C17H17ClN4O2S/c1-10-5-4-6-11(2)16(10)19-17(25)21-20-12(3)13-7-8-14(18)15(9-13)22(23)24/h4-9H,1-3H3,(H2,19,21,25)/b20-12+. The zero-order valence-corrected chi connectivity index (χ0v) is 15.5. The zero-order chi connectivity index (χ0) is 18.6. The molecule has 2 aromatic carbocycles. The van der Waals surface area contributed by atoms with Gasteiger partial charge < -0.3 is 5.32 Å². The summed E-state index contributed by atoms with van der Waals surface area (Å²) in [6.45, 7) is 5.69. The van der Waals surface area contributed by atoms with Crippen LogP contribution in [0.1, 0.15) is 23.6 Å². The first-order valence-corrected chi connectivity index (χ1v) is 8.20. The van der Waals surface area contributed by atoms with Gasteiger partial charge in [0.25, 0.3) is 5.69 Å². The van der Waals surface area contributed by atoms with Crippen molar-refractivity contribution in [2.24, 2.45) is 5.10 Å². The third-order valence-corrected chi connectivity index (χ3v) is 4.12. The van der Waals surface area contributed by atoms with Crippen LogP contribution in [0.4, 0.5) is 11.4 Å². The number of nitrogens with zero attached hydrogens (tertiary/aromatic N) is 2. The molecule has 0 aliphatic rings. The number of para-hydroxylation sites is 1. The van der Waals surface area contributed by atoms with Gasteiger partial charge in [-0.2, -0.15) is 5.10 Å². The lowest BCUT2D eigenvalue weighted by atomic mass is 10.1. The molecule has 0 aromatic heterocycles. The van der Waals surface area contributed by atoms with Crippen LogP contribution in [0.2, 0.25) is 5.02 Å². The number of hydrogen-bond acceptors (Lipinski definition) is 4. The molecule has 0 radical (unpaired) electrons. The molecular weight excluding hydrogens is 360 g/mol. The van der Waals surface area contributed by atoms with Crippen molar-refractivity contribution in [1.82, 2.24) is 5.43 Å². The Labute approximate surface area is 156 Å². The molecular formula is C17H17ClN4O2S. The third-order valence-electron chi connectivity index (χ3n) is 3.61. The number of nitro groups is 1. The van der Waals surface area contributed by atoms with E-state index in [0.717, 1.165) is 16.8 Å². The van der Waals surface area contributed by atoms with Crippen LogP contribution in [-0.2, 0) is 0 Å². The van der Waals surface area contributed by atoms with E-state index in [2.05, 4.69) is 15.8 Å². The Bertz CT molecular complexity index is 847. The number of thiocarbonyl (C=S) groups is 1. The number of nitro benzene ring substituents is 1. The molecule has 2 N–H and O–H groups in total. The smallest absolute Gasteiger partial charge is 0.288 e. The van der Waals surface area contributed by atoms with Gasteiger partial charge in [0.1, 0.15) is 5.02 Å². The fourth-order valence-electron chi connectivity index (χ4n) is 2.23. The van der Waals surface area contributed by atoms with Crippen molar-refractivity contribution in [2.45, 2.75) is 20.8 Å². The van der Waals surface area contributed by atoms with E-state index in [-0.39, 0.29) is 10.7 Å². The summed E-state index contributed by atoms with van der Waals surface area (Å²) in [5.74, 6) is 0. The van der Waals surface area contributed by atoms with Crippen LogP contribution in [0, 0.1) is 24.0 Å². The number of aryl methyl sites for hydroxylation is 2. The third kappa shape index (κ3) is 4.74. The second kappa shape index (κ2) is 8.04. The fraction of sp³-hybridized carbons (Fsp3) is 0.176. The molecule has 0 aliphatic heterocycles. The van der Waals surface area contributed by atoms with Gasteiger partial charge in [-0.15, -0.1) is 0 Å². The predicted octanol–water partition coefficient (Wildman–Crippen LogP) is 4.58. The zero-order valence-electron chi connectivity index (χ0n) is 14.0. The average Bonchev–Trinajstić information content (AvgIpc) is 2.56. The van der Waals surface area contributed by atoms with Crippen molar-refractivity contribution in [3.63, 3.8) is 0 Å². The van der Waals surface area contributed by atoms with Crippen molar-refractivity contribution in [1.29, 1.82) is 0 Å². The first kappa shape index (κ1) is 18.8. The Hall–Kier alpha value is -2.51. The average molecular weight is 377 g/mol. The number of halogens is 1. The summed E-state index contributed by atoms with van der Waals surface area (Å²) in [5, 5.41) is 18.7. The van der Waals surface area contributed by atoms with Crippen molar-refractivity contribution in [3.05, 3.63) is 68.2 Å². The van der Waals surface area contributed by atoms with Crippen molar-refractivity contribution in [3.8, 4) is 0 Å². The highest BCUT2D eigenvalue weighted by Gasteiger charge is 2.14. The number of rotatable bonds is 4. The second-order valence-electron chi connectivity index (χ2n) is 5.45. The lowest BCUT2D eigenvalue weighted by molar-refractivity contribution is -0.384. The van der Waals surface area contributed by atoms with Crippen LogP contribution < -0.4 is 10.7 Å². The van der Waals surface area contributed by atoms with E-state index in [9.17, 15) is 10.1 Å². The first-order valence-electron chi connectivity index (χ1n) is 7.41. The monoisotopic (exact) mass is 376 g/mol. The van der Waals surface area contributed by atoms with Gasteiger partial charge >= 0.3 is 0 Å². The Morgan fingerprint density at radius 2 is 1.88 bits per heavy atom. The van der Waals surface area contributed by atoms with Gasteiger partial charge in [-0.25, -0.2) is 0 Å². The number of anilines is 1. The van der Waals surface area contributed by atoms with Crippen LogP contribution in [0.5, 0.6) is 0 Å². The fourth-order valence-corrected chi connectivity index (χ4v) is 2.56. The number of hydrogen-bond donors (Lipinski definition) is 2. The Morgan fingerprint density at radius 1 is 1.24 bits per heavy atom. The molecule has 2 aromatic rings. The second-order valence-corrected chi connectivity index (χ2v) is 6.27. The summed E-state index contributed by atoms with van der Waals surface area (Å²) in [6.07, 6.45) is 0. The molecule has 25 heavy (non-hydrogen) atoms. The highest BCUT2D eigenvalue weighted by Crippen LogP contribution is 2.25. The quantitative estimate of drug-likeness (QED) is 0.353. The Balaban J connectivity index is 2.12. The Morgan fingerprint density at radius 3 is 2.48 bits per heavy atom. The molecule has 8 heteroatoms. The minimum absolute atomic E-state index is 0.0849. The van der Waals surface area contributed by atoms with Crippen LogP contribution in [-0.4, -0.2) is 15.7 Å². The summed E-state index contributed by atoms with van der Waals surface area (Å²) in [7, 11) is 0. The molecule has 0 aliphatic carbocycles. The van der Waals surface area contributed by atoms with E-state index in [4.69, 9.17) is 23.8 Å². The van der Waals surface area contributed by atoms with Crippen molar-refractivity contribution < 1.29 is 4.92 Å². The van der Waals surface area contributed by atoms with E-state index >= 15 is 0 Å². The van der Waals surface area contributed by atoms with Gasteiger partial charge in [-0.3, -0.25) is 15.5 Å². The lowest BCUT2D eigenvalue weighted by Gasteiger charge is -2.13.